The van der Waals surface area contributed by atoms with E-state index in [1.54, 1.807) is 0 Å². The van der Waals surface area contributed by atoms with E-state index in [1.807, 2.05) is 0 Å². The number of hydrogen-bond donors (Lipinski definition) is 1. The minimum atomic E-state index is -4.75. The van der Waals surface area contributed by atoms with Gasteiger partial charge in [-0.3, -0.25) is 4.79 Å². The second-order valence-electron chi connectivity index (χ2n) is 10.7. The molecule has 1 amide bonds. The highest BCUT2D eigenvalue weighted by Crippen LogP contribution is 2.45. The summed E-state index contributed by atoms with van der Waals surface area (Å²) in [7, 11) is -3.77. The number of carbonyl (C=O) groups excluding carboxylic acids is 1. The molecule has 0 fully saturated rings. The Morgan fingerprint density at radius 3 is 2.36 bits per heavy atom. The molecule has 1 aliphatic rings. The van der Waals surface area contributed by atoms with Crippen molar-refractivity contribution in [2.24, 2.45) is 5.73 Å². The number of rotatable bonds is 6. The Kier molecular flexibility index (Phi) is 7.35. The number of nitrogens with zero attached hydrogens (tertiary/aromatic N) is 6. The zero-order chi connectivity index (χ0) is 32.4. The number of anilines is 1. The third-order valence-electron chi connectivity index (χ3n) is 7.21. The monoisotopic (exact) mass is 643 g/mol. The molecule has 0 aliphatic carbocycles. The van der Waals surface area contributed by atoms with Crippen molar-refractivity contribution in [3.8, 4) is 17.1 Å². The number of nitrogens with two attached hydrogens (primary N) is 1. The summed E-state index contributed by atoms with van der Waals surface area (Å²) in [5.41, 5.74) is 4.63. The summed E-state index contributed by atoms with van der Waals surface area (Å²) < 4.78 is 114. The molecule has 4 aromatic rings. The predicted octanol–water partition coefficient (Wildman–Crippen LogP) is 4.11. The van der Waals surface area contributed by atoms with E-state index in [1.165, 1.54) is 38.1 Å². The van der Waals surface area contributed by atoms with Crippen LogP contribution in [-0.2, 0) is 38.0 Å². The number of alkyl halides is 5. The molecule has 2 N–H and O–H groups in total. The van der Waals surface area contributed by atoms with Crippen LogP contribution in [0.3, 0.4) is 0 Å². The van der Waals surface area contributed by atoms with E-state index in [-0.39, 0.29) is 18.1 Å². The Bertz CT molecular complexity index is 1850. The molecule has 1 aliphatic heterocycles. The molecular formula is C26H23F6N7O4S. The molecule has 11 nitrogen and oxygen atoms in total. The lowest BCUT2D eigenvalue weighted by atomic mass is 9.99. The van der Waals surface area contributed by atoms with Crippen molar-refractivity contribution in [1.82, 2.24) is 25.0 Å². The maximum atomic E-state index is 15.3. The largest absolute Gasteiger partial charge is 0.453 e. The second kappa shape index (κ2) is 10.4. The number of fused-ring (bicyclic) bond motifs is 1. The topological polar surface area (TPSA) is 150 Å². The van der Waals surface area contributed by atoms with Crippen LogP contribution in [0.4, 0.5) is 32.0 Å². The Balaban J connectivity index is 1.55. The highest BCUT2D eigenvalue weighted by atomic mass is 32.2. The van der Waals surface area contributed by atoms with Crippen LogP contribution >= 0.6 is 0 Å². The zero-order valence-electron chi connectivity index (χ0n) is 23.1. The minimum Gasteiger partial charge on any atom is -0.419 e. The van der Waals surface area contributed by atoms with Gasteiger partial charge in [0.1, 0.15) is 16.9 Å². The molecule has 1 atom stereocenters. The normalized spacial score (nSPS) is 17.5. The average Bonchev–Trinajstić information content (AvgIpc) is 3.61. The molecule has 2 aromatic carbocycles. The van der Waals surface area contributed by atoms with Gasteiger partial charge in [0, 0.05) is 18.2 Å². The zero-order valence-corrected chi connectivity index (χ0v) is 23.9. The Hall–Kier alpha value is -4.32. The van der Waals surface area contributed by atoms with Crippen molar-refractivity contribution in [3.05, 3.63) is 71.4 Å². The van der Waals surface area contributed by atoms with Crippen LogP contribution in [0.15, 0.2) is 47.1 Å². The summed E-state index contributed by atoms with van der Waals surface area (Å²) in [6.07, 6.45) is -4.07. The SMILES string of the molecule is CC(C)(c1nnc(-c2cc3c(cc2F)C(F)(F)C[C@H](N)C(=O)N3Cc2ccc(-n3cnc(C(F)(F)F)n3)cc2)o1)S(C)(=O)=O. The van der Waals surface area contributed by atoms with Crippen molar-refractivity contribution in [3.63, 3.8) is 0 Å². The molecule has 0 bridgehead atoms. The number of amides is 1. The van der Waals surface area contributed by atoms with Gasteiger partial charge < -0.3 is 15.1 Å². The summed E-state index contributed by atoms with van der Waals surface area (Å²) in [5, 5.41) is 10.8. The molecule has 0 spiro atoms. The fraction of sp³-hybridized carbons (Fsp3) is 0.346. The molecule has 0 unspecified atom stereocenters. The molecular weight excluding hydrogens is 620 g/mol. The molecule has 0 radical (unpaired) electrons. The predicted molar refractivity (Wildman–Crippen MR) is 142 cm³/mol. The minimum absolute atomic E-state index is 0.191. The lowest BCUT2D eigenvalue weighted by Crippen LogP contribution is -2.43. The van der Waals surface area contributed by atoms with Gasteiger partial charge in [0.15, 0.2) is 9.84 Å². The first-order chi connectivity index (χ1) is 20.3. The fourth-order valence-electron chi connectivity index (χ4n) is 4.39. The third kappa shape index (κ3) is 5.54. The van der Waals surface area contributed by atoms with Crippen LogP contribution in [0, 0.1) is 5.82 Å². The first kappa shape index (κ1) is 31.1. The van der Waals surface area contributed by atoms with Gasteiger partial charge in [-0.15, -0.1) is 15.3 Å². The van der Waals surface area contributed by atoms with Crippen LogP contribution in [0.25, 0.3) is 17.1 Å². The lowest BCUT2D eigenvalue weighted by molar-refractivity contribution is -0.144. The van der Waals surface area contributed by atoms with Crippen LogP contribution in [0.2, 0.25) is 0 Å². The fourth-order valence-corrected chi connectivity index (χ4v) is 4.79. The molecule has 44 heavy (non-hydrogen) atoms. The van der Waals surface area contributed by atoms with E-state index >= 15 is 13.2 Å². The van der Waals surface area contributed by atoms with Crippen LogP contribution in [0.5, 0.6) is 0 Å². The van der Waals surface area contributed by atoms with Gasteiger partial charge in [-0.05, 0) is 43.7 Å². The van der Waals surface area contributed by atoms with Gasteiger partial charge >= 0.3 is 6.18 Å². The average molecular weight is 644 g/mol. The van der Waals surface area contributed by atoms with Gasteiger partial charge in [-0.2, -0.15) is 13.2 Å². The Morgan fingerprint density at radius 2 is 1.77 bits per heavy atom. The van der Waals surface area contributed by atoms with E-state index in [4.69, 9.17) is 10.2 Å². The Morgan fingerprint density at radius 1 is 1.11 bits per heavy atom. The third-order valence-corrected chi connectivity index (χ3v) is 9.24. The maximum Gasteiger partial charge on any atom is 0.453 e. The van der Waals surface area contributed by atoms with Crippen molar-refractivity contribution < 1.29 is 44.0 Å². The standard InChI is InChI=1S/C26H23F6N7O4S/c1-24(2,44(3,41)42)23-36-35-20(43-23)15-8-19-16(9-17(15)27)25(28,29)10-18(33)21(40)38(19)11-13-4-6-14(7-5-13)39-12-34-22(37-39)26(30,31)32/h4-9,12,18H,10-11,33H2,1-3H3/t18-/m0/s1. The molecule has 5 rings (SSSR count). The highest BCUT2D eigenvalue weighted by molar-refractivity contribution is 7.91. The molecule has 0 saturated heterocycles. The smallest absolute Gasteiger partial charge is 0.419 e. The number of benzene rings is 2. The number of carbonyl (C=O) groups is 1. The van der Waals surface area contributed by atoms with Crippen molar-refractivity contribution >= 4 is 21.4 Å². The quantitative estimate of drug-likeness (QED) is 0.306. The lowest BCUT2D eigenvalue weighted by Gasteiger charge is -2.25. The van der Waals surface area contributed by atoms with Crippen LogP contribution < -0.4 is 10.6 Å². The number of aromatic nitrogens is 5. The van der Waals surface area contributed by atoms with Crippen molar-refractivity contribution in [1.29, 1.82) is 0 Å². The summed E-state index contributed by atoms with van der Waals surface area (Å²) in [4.78, 5) is 17.4. The molecule has 2 aromatic heterocycles. The molecule has 234 valence electrons. The van der Waals surface area contributed by atoms with Gasteiger partial charge in [0.25, 0.3) is 17.6 Å². The van der Waals surface area contributed by atoms with E-state index in [9.17, 15) is 26.4 Å². The van der Waals surface area contributed by atoms with Gasteiger partial charge in [-0.1, -0.05) is 12.1 Å². The maximum absolute atomic E-state index is 15.3. The van der Waals surface area contributed by atoms with Gasteiger partial charge in [-0.25, -0.2) is 31.3 Å². The molecule has 0 saturated carbocycles. The first-order valence-corrected chi connectivity index (χ1v) is 14.6. The van der Waals surface area contributed by atoms with E-state index in [2.05, 4.69) is 20.3 Å². The van der Waals surface area contributed by atoms with Gasteiger partial charge in [0.2, 0.25) is 11.8 Å². The van der Waals surface area contributed by atoms with Crippen LogP contribution in [0.1, 0.15) is 43.1 Å². The van der Waals surface area contributed by atoms with E-state index in [0.717, 1.165) is 28.2 Å². The number of sulfone groups is 1. The number of hydrogen-bond acceptors (Lipinski definition) is 9. The van der Waals surface area contributed by atoms with Gasteiger partial charge in [0.05, 0.1) is 29.5 Å². The van der Waals surface area contributed by atoms with Crippen molar-refractivity contribution in [2.45, 2.75) is 49.7 Å². The molecule has 18 heteroatoms. The number of halogens is 6. The molecule has 3 heterocycles. The summed E-state index contributed by atoms with van der Waals surface area (Å²) in [5.74, 6) is -8.09. The van der Waals surface area contributed by atoms with E-state index < -0.39 is 79.4 Å². The summed E-state index contributed by atoms with van der Waals surface area (Å²) in [6.45, 7) is 2.24. The highest BCUT2D eigenvalue weighted by Gasteiger charge is 2.45. The summed E-state index contributed by atoms with van der Waals surface area (Å²) >= 11 is 0. The van der Waals surface area contributed by atoms with E-state index in [0.29, 0.717) is 11.6 Å². The van der Waals surface area contributed by atoms with Crippen molar-refractivity contribution in [2.75, 3.05) is 11.2 Å². The Labute approximate surface area is 245 Å². The second-order valence-corrected chi connectivity index (χ2v) is 13.2. The summed E-state index contributed by atoms with van der Waals surface area (Å²) in [6, 6.07) is 5.37. The van der Waals surface area contributed by atoms with Crippen LogP contribution in [-0.4, -0.2) is 51.6 Å². The first-order valence-electron chi connectivity index (χ1n) is 12.7.